The summed E-state index contributed by atoms with van der Waals surface area (Å²) in [6.07, 6.45) is 0. The van der Waals surface area contributed by atoms with Crippen LogP contribution in [0.25, 0.3) is 0 Å². The maximum absolute atomic E-state index is 12.2. The van der Waals surface area contributed by atoms with Gasteiger partial charge in [-0.2, -0.15) is 10.5 Å². The average Bonchev–Trinajstić information content (AvgIpc) is 3.06. The van der Waals surface area contributed by atoms with E-state index in [2.05, 4.69) is 5.32 Å². The van der Waals surface area contributed by atoms with E-state index < -0.39 is 18.0 Å². The van der Waals surface area contributed by atoms with Gasteiger partial charge in [0.05, 0.1) is 36.9 Å². The number of rotatable bonds is 2. The Hall–Kier alpha value is -2.43. The Labute approximate surface area is 230 Å². The van der Waals surface area contributed by atoms with E-state index in [0.29, 0.717) is 10.0 Å². The summed E-state index contributed by atoms with van der Waals surface area (Å²) in [7, 11) is 0. The van der Waals surface area contributed by atoms with Gasteiger partial charge in [0.1, 0.15) is 18.7 Å². The first-order chi connectivity index (χ1) is 16.3. The second kappa shape index (κ2) is 12.0. The number of amides is 5. The van der Waals surface area contributed by atoms with Gasteiger partial charge < -0.3 is 5.32 Å². The molecule has 0 atom stereocenters. The van der Waals surface area contributed by atoms with Crippen molar-refractivity contribution in [2.75, 3.05) is 11.4 Å². The van der Waals surface area contributed by atoms with Crippen LogP contribution in [0.15, 0.2) is 18.2 Å². The summed E-state index contributed by atoms with van der Waals surface area (Å²) in [4.78, 5) is 37.9. The molecule has 2 aromatic carbocycles. The number of nitrogens with zero attached hydrogens (tertiary/aromatic N) is 4. The van der Waals surface area contributed by atoms with Crippen molar-refractivity contribution in [2.45, 2.75) is 19.9 Å². The maximum atomic E-state index is 12.2. The van der Waals surface area contributed by atoms with Crippen molar-refractivity contribution >= 4 is 93.3 Å². The molecule has 0 spiro atoms. The van der Waals surface area contributed by atoms with Gasteiger partial charge in [-0.1, -0.05) is 69.6 Å². The van der Waals surface area contributed by atoms with Crippen LogP contribution in [0.2, 0.25) is 30.1 Å². The van der Waals surface area contributed by atoms with E-state index in [9.17, 15) is 14.4 Å². The lowest BCUT2D eigenvalue weighted by Gasteiger charge is -2.18. The van der Waals surface area contributed by atoms with Crippen LogP contribution in [0.5, 0.6) is 0 Å². The molecule has 1 saturated heterocycles. The fourth-order valence-corrected chi connectivity index (χ4v) is 4.32. The molecule has 1 N–H and O–H groups in total. The standard InChI is InChI=1S/C13H13Cl2N3O3.C8Cl4N2/c1-7(2)16-12(20)17-6-11(19)18(13(17)21)10-4-8(14)3-9(15)5-10;9-5-3(1-13)6(10)8(12)7(11)4(5)2-14/h3-5,7H,6H2,1-2H3,(H,16,20);. The molecule has 14 heteroatoms. The van der Waals surface area contributed by atoms with Crippen LogP contribution in [0, 0.1) is 22.7 Å². The van der Waals surface area contributed by atoms with E-state index in [4.69, 9.17) is 80.1 Å². The molecule has 1 heterocycles. The topological polar surface area (TPSA) is 117 Å². The van der Waals surface area contributed by atoms with E-state index in [1.165, 1.54) is 18.2 Å². The van der Waals surface area contributed by atoms with Crippen LogP contribution in [-0.2, 0) is 4.79 Å². The molecular weight excluding hydrogens is 583 g/mol. The molecule has 8 nitrogen and oxygen atoms in total. The lowest BCUT2D eigenvalue weighted by Crippen LogP contribution is -2.45. The van der Waals surface area contributed by atoms with Crippen LogP contribution < -0.4 is 10.2 Å². The molecule has 35 heavy (non-hydrogen) atoms. The van der Waals surface area contributed by atoms with E-state index in [1.807, 2.05) is 0 Å². The molecule has 0 aromatic heterocycles. The second-order valence-corrected chi connectivity index (χ2v) is 9.44. The minimum Gasteiger partial charge on any atom is -0.335 e. The summed E-state index contributed by atoms with van der Waals surface area (Å²) in [6.45, 7) is 3.20. The number of carbonyl (C=O) groups excluding carboxylic acids is 3. The number of imide groups is 2. The molecule has 3 rings (SSSR count). The number of urea groups is 2. The first-order valence-corrected chi connectivity index (χ1v) is 11.7. The summed E-state index contributed by atoms with van der Waals surface area (Å²) in [5.41, 5.74) is 0.154. The molecule has 1 fully saturated rings. The third-order valence-electron chi connectivity index (χ3n) is 4.21. The van der Waals surface area contributed by atoms with E-state index in [-0.39, 0.29) is 49.5 Å². The number of nitriles is 2. The Morgan fingerprint density at radius 2 is 1.37 bits per heavy atom. The Bertz CT molecular complexity index is 1240. The molecule has 0 bridgehead atoms. The monoisotopic (exact) mass is 593 g/mol. The molecule has 0 radical (unpaired) electrons. The summed E-state index contributed by atoms with van der Waals surface area (Å²) >= 11 is 34.5. The third kappa shape index (κ3) is 6.42. The molecule has 0 unspecified atom stereocenters. The largest absolute Gasteiger partial charge is 0.340 e. The van der Waals surface area contributed by atoms with Crippen molar-refractivity contribution in [1.29, 1.82) is 10.5 Å². The van der Waals surface area contributed by atoms with Crippen LogP contribution in [0.4, 0.5) is 15.3 Å². The molecule has 0 aliphatic carbocycles. The van der Waals surface area contributed by atoms with Crippen LogP contribution in [-0.4, -0.2) is 35.5 Å². The van der Waals surface area contributed by atoms with Gasteiger partial charge in [0.15, 0.2) is 0 Å². The number of carbonyl (C=O) groups is 3. The average molecular weight is 596 g/mol. The summed E-state index contributed by atoms with van der Waals surface area (Å²) < 4.78 is 0. The summed E-state index contributed by atoms with van der Waals surface area (Å²) in [6, 6.07) is 6.38. The Morgan fingerprint density at radius 1 is 0.886 bits per heavy atom. The Balaban J connectivity index is 0.000000269. The van der Waals surface area contributed by atoms with Crippen molar-refractivity contribution in [3.05, 3.63) is 59.5 Å². The van der Waals surface area contributed by atoms with Gasteiger partial charge in [0.2, 0.25) is 0 Å². The highest BCUT2D eigenvalue weighted by atomic mass is 35.5. The summed E-state index contributed by atoms with van der Waals surface area (Å²) in [5, 5.41) is 20.4. The number of anilines is 1. The van der Waals surface area contributed by atoms with Crippen LogP contribution in [0.1, 0.15) is 25.0 Å². The predicted octanol–water partition coefficient (Wildman–Crippen LogP) is 6.92. The zero-order valence-electron chi connectivity index (χ0n) is 17.8. The Morgan fingerprint density at radius 3 is 1.80 bits per heavy atom. The Kier molecular flexibility index (Phi) is 9.88. The van der Waals surface area contributed by atoms with Gasteiger partial charge in [0, 0.05) is 16.1 Å². The number of benzene rings is 2. The fourth-order valence-electron chi connectivity index (χ4n) is 2.74. The highest BCUT2D eigenvalue weighted by Gasteiger charge is 2.41. The van der Waals surface area contributed by atoms with Crippen LogP contribution >= 0.6 is 69.6 Å². The van der Waals surface area contributed by atoms with Gasteiger partial charge in [-0.25, -0.2) is 19.4 Å². The summed E-state index contributed by atoms with van der Waals surface area (Å²) in [5.74, 6) is -0.516. The normalized spacial score (nSPS) is 12.8. The molecule has 5 amide bonds. The SMILES string of the molecule is CC(C)NC(=O)N1CC(=O)N(c2cc(Cl)cc(Cl)c2)C1=O.N#Cc1c(Cl)c(Cl)c(Cl)c(C#N)c1Cl. The van der Waals surface area contributed by atoms with Crippen molar-refractivity contribution in [3.8, 4) is 12.1 Å². The number of nitrogens with one attached hydrogen (secondary N) is 1. The lowest BCUT2D eigenvalue weighted by molar-refractivity contribution is -0.116. The molecule has 0 saturated carbocycles. The highest BCUT2D eigenvalue weighted by Crippen LogP contribution is 2.40. The van der Waals surface area contributed by atoms with Gasteiger partial charge in [-0.3, -0.25) is 4.79 Å². The van der Waals surface area contributed by atoms with Crippen molar-refractivity contribution in [3.63, 3.8) is 0 Å². The van der Waals surface area contributed by atoms with Crippen molar-refractivity contribution in [2.24, 2.45) is 0 Å². The second-order valence-electron chi connectivity index (χ2n) is 7.06. The smallest absolute Gasteiger partial charge is 0.335 e. The lowest BCUT2D eigenvalue weighted by atomic mass is 10.1. The first-order valence-electron chi connectivity index (χ1n) is 9.41. The van der Waals surface area contributed by atoms with E-state index in [0.717, 1.165) is 9.80 Å². The van der Waals surface area contributed by atoms with E-state index in [1.54, 1.807) is 26.0 Å². The predicted molar refractivity (Wildman–Crippen MR) is 136 cm³/mol. The number of halogens is 6. The molecular formula is C21H13Cl6N5O3. The minimum absolute atomic E-state index is 0.0363. The molecule has 1 aliphatic heterocycles. The maximum Gasteiger partial charge on any atom is 0.340 e. The van der Waals surface area contributed by atoms with Crippen molar-refractivity contribution < 1.29 is 14.4 Å². The van der Waals surface area contributed by atoms with Gasteiger partial charge in [0.25, 0.3) is 5.91 Å². The zero-order chi connectivity index (χ0) is 26.6. The molecule has 1 aliphatic rings. The number of hydrogen-bond acceptors (Lipinski definition) is 5. The van der Waals surface area contributed by atoms with Crippen LogP contribution in [0.3, 0.4) is 0 Å². The fraction of sp³-hybridized carbons (Fsp3) is 0.190. The molecule has 2 aromatic rings. The van der Waals surface area contributed by atoms with Gasteiger partial charge >= 0.3 is 12.1 Å². The van der Waals surface area contributed by atoms with Gasteiger partial charge in [-0.15, -0.1) is 0 Å². The van der Waals surface area contributed by atoms with E-state index >= 15 is 0 Å². The highest BCUT2D eigenvalue weighted by molar-refractivity contribution is 6.50. The minimum atomic E-state index is -0.725. The zero-order valence-corrected chi connectivity index (χ0v) is 22.3. The number of hydrogen-bond donors (Lipinski definition) is 1. The quantitative estimate of drug-likeness (QED) is 0.230. The molecule has 182 valence electrons. The third-order valence-corrected chi connectivity index (χ3v) is 6.36. The van der Waals surface area contributed by atoms with Crippen molar-refractivity contribution in [1.82, 2.24) is 10.2 Å². The van der Waals surface area contributed by atoms with Gasteiger partial charge in [-0.05, 0) is 32.0 Å². The first kappa shape index (κ1) is 28.8.